The molecule has 0 saturated heterocycles. The quantitative estimate of drug-likeness (QED) is 0.527. The molecule has 0 N–H and O–H groups in total. The van der Waals surface area contributed by atoms with Crippen molar-refractivity contribution in [1.29, 1.82) is 0 Å². The monoisotopic (exact) mass is 323 g/mol. The highest BCUT2D eigenvalue weighted by atomic mass is 79.9. The molecule has 1 aromatic rings. The predicted molar refractivity (Wildman–Crippen MR) is 72.6 cm³/mol. The van der Waals surface area contributed by atoms with E-state index in [0.717, 1.165) is 12.8 Å². The minimum Gasteiger partial charge on any atom is -0.246 e. The molecule has 5 atom stereocenters. The van der Waals surface area contributed by atoms with Gasteiger partial charge in [0.05, 0.1) is 12.1 Å². The first kappa shape index (κ1) is 10.7. The van der Waals surface area contributed by atoms with Crippen molar-refractivity contribution >= 4 is 15.9 Å². The van der Waals surface area contributed by atoms with Gasteiger partial charge in [-0.25, -0.2) is 23.5 Å². The van der Waals surface area contributed by atoms with Gasteiger partial charge in [-0.1, -0.05) is 34.5 Å². The third-order valence-electron chi connectivity index (χ3n) is 6.12. The van der Waals surface area contributed by atoms with Crippen molar-refractivity contribution in [3.05, 3.63) is 33.1 Å². The van der Waals surface area contributed by atoms with Crippen LogP contribution in [0.2, 0.25) is 0 Å². The first-order chi connectivity index (χ1) is 9.07. The molecule has 5 aliphatic rings. The van der Waals surface area contributed by atoms with E-state index in [1.807, 2.05) is 0 Å². The molecule has 19 heavy (non-hydrogen) atoms. The van der Waals surface area contributed by atoms with Gasteiger partial charge in [0.25, 0.3) is 0 Å². The summed E-state index contributed by atoms with van der Waals surface area (Å²) in [6.07, 6.45) is 7.82. The Morgan fingerprint density at radius 3 is 2.05 bits per heavy atom. The van der Waals surface area contributed by atoms with Crippen LogP contribution < -0.4 is 11.4 Å². The maximum atomic E-state index is 12.3. The first-order valence-electron chi connectivity index (χ1n) is 6.80. The number of alkyl halides is 1. The van der Waals surface area contributed by atoms with E-state index in [1.165, 1.54) is 11.0 Å². The lowest BCUT2D eigenvalue weighted by atomic mass is 9.77. The van der Waals surface area contributed by atoms with Crippen LogP contribution in [0.15, 0.2) is 21.7 Å². The summed E-state index contributed by atoms with van der Waals surface area (Å²) in [4.78, 5) is 25.1. The number of rotatable bonds is 0. The normalized spacial score (nSPS) is 48.0. The molecule has 1 aromatic heterocycles. The Bertz CT molecular complexity index is 712. The molecule has 100 valence electrons. The average molecular weight is 324 g/mol. The zero-order chi connectivity index (χ0) is 13.2. The van der Waals surface area contributed by atoms with Gasteiger partial charge in [-0.3, -0.25) is 0 Å². The van der Waals surface area contributed by atoms with Crippen LogP contribution in [-0.4, -0.2) is 18.8 Å². The topological polar surface area (TPSA) is 48.9 Å². The van der Waals surface area contributed by atoms with E-state index in [9.17, 15) is 9.59 Å². The molecule has 0 spiro atoms. The van der Waals surface area contributed by atoms with Crippen LogP contribution in [-0.2, 0) is 7.05 Å². The molecule has 2 fully saturated rings. The summed E-state index contributed by atoms with van der Waals surface area (Å²) in [5.41, 5.74) is -0.00898. The van der Waals surface area contributed by atoms with Gasteiger partial charge in [0.15, 0.2) is 0 Å². The predicted octanol–water partition coefficient (Wildman–Crippen LogP) is 0.948. The molecule has 2 saturated carbocycles. The van der Waals surface area contributed by atoms with E-state index in [2.05, 4.69) is 28.1 Å². The van der Waals surface area contributed by atoms with E-state index in [4.69, 9.17) is 0 Å². The minimum atomic E-state index is -0.175. The Kier molecular flexibility index (Phi) is 1.53. The summed E-state index contributed by atoms with van der Waals surface area (Å²) in [5, 5.41) is 0. The zero-order valence-electron chi connectivity index (χ0n) is 10.5. The molecule has 5 nitrogen and oxygen atoms in total. The van der Waals surface area contributed by atoms with Gasteiger partial charge in [-0.15, -0.1) is 0 Å². The second-order valence-electron chi connectivity index (χ2n) is 6.38. The van der Waals surface area contributed by atoms with Crippen LogP contribution in [0.3, 0.4) is 0 Å². The van der Waals surface area contributed by atoms with E-state index in [-0.39, 0.29) is 34.3 Å². The van der Waals surface area contributed by atoms with Crippen molar-refractivity contribution < 1.29 is 0 Å². The van der Waals surface area contributed by atoms with Crippen molar-refractivity contribution in [1.82, 2.24) is 13.9 Å². The van der Waals surface area contributed by atoms with Crippen molar-refractivity contribution in [2.45, 2.75) is 36.2 Å². The zero-order valence-corrected chi connectivity index (χ0v) is 12.1. The number of allylic oxidation sites excluding steroid dienone is 2. The van der Waals surface area contributed by atoms with Gasteiger partial charge in [-0.2, -0.15) is 0 Å². The van der Waals surface area contributed by atoms with E-state index in [0.29, 0.717) is 4.83 Å². The molecule has 2 bridgehead atoms. The summed E-state index contributed by atoms with van der Waals surface area (Å²) >= 11 is 3.85. The fourth-order valence-electron chi connectivity index (χ4n) is 5.37. The second-order valence-corrected chi connectivity index (χ2v) is 7.30. The highest BCUT2D eigenvalue weighted by Crippen LogP contribution is 2.86. The highest BCUT2D eigenvalue weighted by molar-refractivity contribution is 9.09. The van der Waals surface area contributed by atoms with Crippen molar-refractivity contribution in [2.24, 2.45) is 17.9 Å². The maximum absolute atomic E-state index is 12.3. The Morgan fingerprint density at radius 2 is 1.58 bits per heavy atom. The fourth-order valence-corrected chi connectivity index (χ4v) is 7.09. The molecule has 2 aliphatic heterocycles. The summed E-state index contributed by atoms with van der Waals surface area (Å²) in [6.45, 7) is 0. The van der Waals surface area contributed by atoms with Gasteiger partial charge < -0.3 is 0 Å². The molecular weight excluding hydrogens is 310 g/mol. The lowest BCUT2D eigenvalue weighted by Gasteiger charge is -2.41. The molecule has 3 heterocycles. The number of aromatic nitrogens is 3. The van der Waals surface area contributed by atoms with Crippen LogP contribution in [0.4, 0.5) is 0 Å². The number of hydrogen-bond donors (Lipinski definition) is 0. The van der Waals surface area contributed by atoms with E-state index in [1.54, 1.807) is 16.4 Å². The molecule has 0 aromatic carbocycles. The molecule has 3 aliphatic carbocycles. The van der Waals surface area contributed by atoms with Crippen LogP contribution in [0, 0.1) is 10.8 Å². The summed E-state index contributed by atoms with van der Waals surface area (Å²) in [7, 11) is 1.57. The first-order valence-corrected chi connectivity index (χ1v) is 7.71. The molecule has 6 heteroatoms. The van der Waals surface area contributed by atoms with E-state index < -0.39 is 0 Å². The van der Waals surface area contributed by atoms with Gasteiger partial charge >= 0.3 is 11.4 Å². The smallest absolute Gasteiger partial charge is 0.246 e. The molecule has 6 rings (SSSR count). The average Bonchev–Trinajstić information content (AvgIpc) is 2.75. The summed E-state index contributed by atoms with van der Waals surface area (Å²) in [5.74, 6) is 0. The molecule has 0 amide bonds. The second kappa shape index (κ2) is 2.71. The largest absolute Gasteiger partial charge is 0.347 e. The van der Waals surface area contributed by atoms with Crippen molar-refractivity contribution in [3.8, 4) is 0 Å². The SMILES string of the molecule is Cn1c(=O)n2n(c1=O)[C@@H]1C=C[C@@H]2[C@@]23CCC[C@@]12C3Br. The van der Waals surface area contributed by atoms with Gasteiger partial charge in [0.1, 0.15) is 0 Å². The Balaban J connectivity index is 1.92. The van der Waals surface area contributed by atoms with Crippen LogP contribution in [0.25, 0.3) is 0 Å². The summed E-state index contributed by atoms with van der Waals surface area (Å²) < 4.78 is 4.65. The van der Waals surface area contributed by atoms with Crippen molar-refractivity contribution in [3.63, 3.8) is 0 Å². The van der Waals surface area contributed by atoms with Crippen LogP contribution in [0.5, 0.6) is 0 Å². The number of nitrogens with zero attached hydrogens (tertiary/aromatic N) is 3. The molecular formula is C13H14BrN3O2. The molecule has 1 unspecified atom stereocenters. The standard InChI is InChI=1S/C13H14BrN3O2/c1-15-10(18)16-7-3-4-8(17(16)11(15)19)13-6-2-5-12(7,13)9(13)14/h3-4,7-9H,2,5-6H2,1H3/t7-,8-,9?,12-,13+/m1/s1. The third-order valence-corrected chi connectivity index (χ3v) is 7.76. The number of halogens is 1. The Hall–Kier alpha value is -1.04. The Morgan fingerprint density at radius 1 is 1.11 bits per heavy atom. The lowest BCUT2D eigenvalue weighted by molar-refractivity contribution is 0.122. The van der Waals surface area contributed by atoms with E-state index >= 15 is 0 Å². The van der Waals surface area contributed by atoms with Crippen LogP contribution in [0.1, 0.15) is 31.3 Å². The maximum Gasteiger partial charge on any atom is 0.347 e. The minimum absolute atomic E-state index is 0.0470. The fraction of sp³-hybridized carbons (Fsp3) is 0.692. The van der Waals surface area contributed by atoms with Crippen LogP contribution >= 0.6 is 15.9 Å². The Labute approximate surface area is 117 Å². The highest BCUT2D eigenvalue weighted by Gasteiger charge is 2.85. The van der Waals surface area contributed by atoms with Gasteiger partial charge in [0, 0.05) is 22.7 Å². The molecule has 0 radical (unpaired) electrons. The number of hydrogen-bond acceptors (Lipinski definition) is 2. The van der Waals surface area contributed by atoms with Crippen molar-refractivity contribution in [2.75, 3.05) is 0 Å². The third kappa shape index (κ3) is 0.754. The van der Waals surface area contributed by atoms with Gasteiger partial charge in [0.2, 0.25) is 0 Å². The lowest BCUT2D eigenvalue weighted by Crippen LogP contribution is -2.47. The van der Waals surface area contributed by atoms with Gasteiger partial charge in [-0.05, 0) is 12.8 Å². The summed E-state index contributed by atoms with van der Waals surface area (Å²) in [6, 6.07) is 0.0940.